The van der Waals surface area contributed by atoms with Gasteiger partial charge in [0.05, 0.1) is 35.4 Å². The van der Waals surface area contributed by atoms with Gasteiger partial charge in [-0.3, -0.25) is 0 Å². The number of morpholine rings is 1. The number of amides is 2. The molecular weight excluding hydrogens is 482 g/mol. The van der Waals surface area contributed by atoms with Crippen LogP contribution < -0.4 is 15.5 Å². The molecule has 3 aromatic rings. The summed E-state index contributed by atoms with van der Waals surface area (Å²) in [5, 5.41) is 11.3. The molecule has 5 heterocycles. The van der Waals surface area contributed by atoms with E-state index < -0.39 is 0 Å². The number of urea groups is 1. The Bertz CT molecular complexity index is 1310. The first-order valence-corrected chi connectivity index (χ1v) is 14.0. The van der Waals surface area contributed by atoms with Crippen LogP contribution >= 0.6 is 0 Å². The highest BCUT2D eigenvalue weighted by molar-refractivity contribution is 5.90. The van der Waals surface area contributed by atoms with E-state index in [-0.39, 0.29) is 23.8 Å². The first-order chi connectivity index (χ1) is 18.6. The second kappa shape index (κ2) is 9.50. The molecule has 2 atom stereocenters. The number of carbonyl (C=O) groups excluding carboxylic acids is 1. The number of benzene rings is 1. The van der Waals surface area contributed by atoms with Crippen molar-refractivity contribution in [2.75, 3.05) is 37.0 Å². The third-order valence-corrected chi connectivity index (χ3v) is 8.80. The summed E-state index contributed by atoms with van der Waals surface area (Å²) in [5.74, 6) is 1.61. The van der Waals surface area contributed by atoms with Gasteiger partial charge in [0.2, 0.25) is 0 Å². The summed E-state index contributed by atoms with van der Waals surface area (Å²) in [4.78, 5) is 24.3. The zero-order valence-corrected chi connectivity index (χ0v) is 21.9. The summed E-state index contributed by atoms with van der Waals surface area (Å²) in [6.07, 6.45) is 11.3. The number of fused-ring (bicyclic) bond motifs is 3. The Kier molecular flexibility index (Phi) is 5.96. The molecule has 2 bridgehead atoms. The molecule has 4 aliphatic rings. The Balaban J connectivity index is 1.25. The lowest BCUT2D eigenvalue weighted by atomic mass is 9.80. The number of ether oxygens (including phenoxy) is 2. The number of rotatable bonds is 4. The van der Waals surface area contributed by atoms with E-state index in [0.717, 1.165) is 86.3 Å². The summed E-state index contributed by atoms with van der Waals surface area (Å²) in [6.45, 7) is 2.57. The fraction of sp³-hybridized carbons (Fsp3) is 0.571. The van der Waals surface area contributed by atoms with Crippen molar-refractivity contribution in [3.8, 4) is 11.4 Å². The van der Waals surface area contributed by atoms with Crippen LogP contribution in [0.25, 0.3) is 22.4 Å². The molecule has 2 N–H and O–H groups in total. The Hall–Kier alpha value is -3.24. The Morgan fingerprint density at radius 2 is 1.79 bits per heavy atom. The van der Waals surface area contributed by atoms with Gasteiger partial charge in [0.1, 0.15) is 5.82 Å². The minimum Gasteiger partial charge on any atom is -0.375 e. The van der Waals surface area contributed by atoms with E-state index in [1.54, 1.807) is 7.05 Å². The lowest BCUT2D eigenvalue weighted by Crippen LogP contribution is -2.43. The molecule has 2 amide bonds. The van der Waals surface area contributed by atoms with Crippen LogP contribution in [0.1, 0.15) is 57.4 Å². The van der Waals surface area contributed by atoms with Crippen molar-refractivity contribution in [1.29, 1.82) is 0 Å². The molecule has 38 heavy (non-hydrogen) atoms. The average molecular weight is 518 g/mol. The standard InChI is InChI=1S/C28H35N7O3/c1-29-27(36)31-19-5-3-18(4-6-19)24-32-25(34-16-21-7-8-22(17-34)38-21)23-15-30-35(26(23)33-24)20-9-12-28(13-10-20)11-2-14-37-28/h3-6,15,20-22H,2,7-14,16-17H2,1H3,(H2,29,31,36). The molecule has 4 fully saturated rings. The van der Waals surface area contributed by atoms with Gasteiger partial charge in [-0.25, -0.2) is 19.4 Å². The summed E-state index contributed by atoms with van der Waals surface area (Å²) in [5.41, 5.74) is 2.60. The van der Waals surface area contributed by atoms with Gasteiger partial charge in [-0.15, -0.1) is 0 Å². The number of carbonyl (C=O) groups is 1. The van der Waals surface area contributed by atoms with Crippen LogP contribution in [0.4, 0.5) is 16.3 Å². The summed E-state index contributed by atoms with van der Waals surface area (Å²) < 4.78 is 14.4. The van der Waals surface area contributed by atoms with Gasteiger partial charge in [-0.05, 0) is 75.6 Å². The first-order valence-electron chi connectivity index (χ1n) is 14.0. The minimum absolute atomic E-state index is 0.0856. The molecule has 1 aliphatic carbocycles. The SMILES string of the molecule is CNC(=O)Nc1ccc(-c2nc(N3CC4CCC(C3)O4)c3cnn(C4CCC5(CCCO5)CC4)c3n2)cc1. The van der Waals surface area contributed by atoms with Crippen LogP contribution in [0.3, 0.4) is 0 Å². The zero-order valence-electron chi connectivity index (χ0n) is 21.9. The van der Waals surface area contributed by atoms with Crippen LogP contribution in [0, 0.1) is 0 Å². The Morgan fingerprint density at radius 3 is 2.47 bits per heavy atom. The molecule has 3 aliphatic heterocycles. The van der Waals surface area contributed by atoms with Gasteiger partial charge < -0.3 is 25.0 Å². The van der Waals surface area contributed by atoms with E-state index in [9.17, 15) is 4.79 Å². The molecule has 10 nitrogen and oxygen atoms in total. The minimum atomic E-state index is -0.249. The van der Waals surface area contributed by atoms with E-state index in [0.29, 0.717) is 11.9 Å². The smallest absolute Gasteiger partial charge is 0.318 e. The van der Waals surface area contributed by atoms with Crippen molar-refractivity contribution in [2.45, 2.75) is 75.2 Å². The van der Waals surface area contributed by atoms with Gasteiger partial charge >= 0.3 is 6.03 Å². The fourth-order valence-electron chi connectivity index (χ4n) is 6.75. The molecule has 7 rings (SSSR count). The number of hydrogen-bond donors (Lipinski definition) is 2. The monoisotopic (exact) mass is 517 g/mol. The maximum absolute atomic E-state index is 11.7. The molecule has 1 spiro atoms. The van der Waals surface area contributed by atoms with Gasteiger partial charge in [-0.1, -0.05) is 0 Å². The van der Waals surface area contributed by atoms with Crippen molar-refractivity contribution in [3.05, 3.63) is 30.5 Å². The van der Waals surface area contributed by atoms with Crippen LogP contribution in [-0.2, 0) is 9.47 Å². The van der Waals surface area contributed by atoms with Crippen LogP contribution in [0.5, 0.6) is 0 Å². The second-order valence-electron chi connectivity index (χ2n) is 11.2. The molecule has 10 heteroatoms. The van der Waals surface area contributed by atoms with E-state index in [4.69, 9.17) is 24.5 Å². The molecule has 1 saturated carbocycles. The number of nitrogens with one attached hydrogen (secondary N) is 2. The maximum Gasteiger partial charge on any atom is 0.318 e. The molecule has 1 aromatic carbocycles. The normalized spacial score (nSPS) is 28.8. The third kappa shape index (κ3) is 4.29. The molecule has 200 valence electrons. The number of nitrogens with zero attached hydrogens (tertiary/aromatic N) is 5. The lowest BCUT2D eigenvalue weighted by Gasteiger charge is -2.36. The Morgan fingerprint density at radius 1 is 1.03 bits per heavy atom. The van der Waals surface area contributed by atoms with Gasteiger partial charge in [0.25, 0.3) is 0 Å². The van der Waals surface area contributed by atoms with Gasteiger partial charge in [-0.2, -0.15) is 5.10 Å². The molecule has 2 aromatic heterocycles. The van der Waals surface area contributed by atoms with Crippen molar-refractivity contribution in [1.82, 2.24) is 25.1 Å². The van der Waals surface area contributed by atoms with Crippen molar-refractivity contribution < 1.29 is 14.3 Å². The van der Waals surface area contributed by atoms with Crippen LogP contribution in [-0.4, -0.2) is 70.3 Å². The number of hydrogen-bond acceptors (Lipinski definition) is 7. The van der Waals surface area contributed by atoms with Crippen LogP contribution in [0.15, 0.2) is 30.5 Å². The molecule has 2 unspecified atom stereocenters. The van der Waals surface area contributed by atoms with Crippen LogP contribution in [0.2, 0.25) is 0 Å². The zero-order chi connectivity index (χ0) is 25.7. The highest BCUT2D eigenvalue weighted by Gasteiger charge is 2.40. The summed E-state index contributed by atoms with van der Waals surface area (Å²) >= 11 is 0. The summed E-state index contributed by atoms with van der Waals surface area (Å²) in [6, 6.07) is 7.74. The Labute approximate surface area is 222 Å². The highest BCUT2D eigenvalue weighted by atomic mass is 16.5. The predicted molar refractivity (Wildman–Crippen MR) is 144 cm³/mol. The number of aromatic nitrogens is 4. The van der Waals surface area contributed by atoms with E-state index >= 15 is 0 Å². The van der Waals surface area contributed by atoms with Crippen molar-refractivity contribution in [3.63, 3.8) is 0 Å². The third-order valence-electron chi connectivity index (χ3n) is 8.80. The molecule has 0 radical (unpaired) electrons. The topological polar surface area (TPSA) is 106 Å². The van der Waals surface area contributed by atoms with E-state index in [1.807, 2.05) is 30.5 Å². The fourth-order valence-corrected chi connectivity index (χ4v) is 6.75. The first kappa shape index (κ1) is 23.8. The largest absolute Gasteiger partial charge is 0.375 e. The van der Waals surface area contributed by atoms with E-state index in [1.165, 1.54) is 12.8 Å². The summed E-state index contributed by atoms with van der Waals surface area (Å²) in [7, 11) is 1.60. The van der Waals surface area contributed by atoms with Crippen molar-refractivity contribution in [2.24, 2.45) is 0 Å². The second-order valence-corrected chi connectivity index (χ2v) is 11.2. The number of anilines is 2. The highest BCUT2D eigenvalue weighted by Crippen LogP contribution is 2.44. The van der Waals surface area contributed by atoms with E-state index in [2.05, 4.69) is 20.2 Å². The lowest BCUT2D eigenvalue weighted by molar-refractivity contribution is -0.0337. The quantitative estimate of drug-likeness (QED) is 0.532. The molecule has 3 saturated heterocycles. The van der Waals surface area contributed by atoms with Gasteiger partial charge in [0.15, 0.2) is 11.5 Å². The maximum atomic E-state index is 11.7. The van der Waals surface area contributed by atoms with Gasteiger partial charge in [0, 0.05) is 38.0 Å². The molecular formula is C28H35N7O3. The average Bonchev–Trinajstić information content (AvgIpc) is 3.68. The predicted octanol–water partition coefficient (Wildman–Crippen LogP) is 4.28. The van der Waals surface area contributed by atoms with Crippen molar-refractivity contribution >= 4 is 28.6 Å².